The van der Waals surface area contributed by atoms with Crippen LogP contribution in [0.25, 0.3) is 0 Å². The molecule has 2 N–H and O–H groups in total. The summed E-state index contributed by atoms with van der Waals surface area (Å²) in [7, 11) is 3.95. The van der Waals surface area contributed by atoms with Crippen LogP contribution >= 0.6 is 0 Å². The third-order valence-corrected chi connectivity index (χ3v) is 6.24. The Hall–Kier alpha value is -3.51. The number of hydrogen-bond donors (Lipinski definition) is 2. The molecule has 1 aromatic rings. The van der Waals surface area contributed by atoms with Gasteiger partial charge in [0.15, 0.2) is 6.29 Å². The van der Waals surface area contributed by atoms with Crippen LogP contribution in [0.2, 0.25) is 0 Å². The zero-order chi connectivity index (χ0) is 26.2. The van der Waals surface area contributed by atoms with E-state index in [2.05, 4.69) is 10.6 Å². The molecule has 0 radical (unpaired) electrons. The lowest BCUT2D eigenvalue weighted by atomic mass is 10.0. The van der Waals surface area contributed by atoms with Crippen molar-refractivity contribution in [2.24, 2.45) is 0 Å². The molecule has 2 fully saturated rings. The molecule has 3 atom stereocenters. The molecular weight excluding hydrogens is 472 g/mol. The van der Waals surface area contributed by atoms with Crippen LogP contribution in [0.5, 0.6) is 0 Å². The third-order valence-electron chi connectivity index (χ3n) is 6.24. The summed E-state index contributed by atoms with van der Waals surface area (Å²) in [5.74, 6) is -2.48. The maximum atomic E-state index is 13.6. The molecule has 0 spiro atoms. The summed E-state index contributed by atoms with van der Waals surface area (Å²) in [6, 6.07) is 5.50. The molecule has 0 bridgehead atoms. The molecule has 2 aliphatic rings. The van der Waals surface area contributed by atoms with Crippen LogP contribution in [0.4, 0.5) is 0 Å². The minimum Gasteiger partial charge on any atom is -0.469 e. The van der Waals surface area contributed by atoms with Gasteiger partial charge >= 0.3 is 5.97 Å². The Labute approximate surface area is 209 Å². The van der Waals surface area contributed by atoms with Crippen molar-refractivity contribution in [3.8, 4) is 0 Å². The normalized spacial score (nSPS) is 20.9. The number of hydrazine groups is 1. The first kappa shape index (κ1) is 27.1. The molecule has 0 saturated carbocycles. The van der Waals surface area contributed by atoms with Crippen LogP contribution in [0.15, 0.2) is 30.3 Å². The fraction of sp³-hybridized carbons (Fsp3) is 0.542. The number of carbonyl (C=O) groups is 5. The summed E-state index contributed by atoms with van der Waals surface area (Å²) >= 11 is 0. The van der Waals surface area contributed by atoms with Gasteiger partial charge in [-0.05, 0) is 31.4 Å². The third kappa shape index (κ3) is 6.18. The number of hydrogen-bond acceptors (Lipinski definition) is 8. The summed E-state index contributed by atoms with van der Waals surface area (Å²) in [5, 5.41) is 7.85. The molecular formula is C24H32N4O8. The highest BCUT2D eigenvalue weighted by atomic mass is 16.7. The van der Waals surface area contributed by atoms with Gasteiger partial charge in [-0.15, -0.1) is 0 Å². The van der Waals surface area contributed by atoms with Gasteiger partial charge in [-0.1, -0.05) is 18.2 Å². The van der Waals surface area contributed by atoms with E-state index in [1.165, 1.54) is 26.3 Å². The van der Waals surface area contributed by atoms with Gasteiger partial charge in [0.05, 0.1) is 19.6 Å². The van der Waals surface area contributed by atoms with Crippen molar-refractivity contribution in [3.05, 3.63) is 35.9 Å². The molecule has 12 nitrogen and oxygen atoms in total. The maximum Gasteiger partial charge on any atom is 0.307 e. The predicted octanol–water partition coefficient (Wildman–Crippen LogP) is -0.0198. The summed E-state index contributed by atoms with van der Waals surface area (Å²) in [4.78, 5) is 64.4. The Kier molecular flexibility index (Phi) is 9.37. The molecule has 36 heavy (non-hydrogen) atoms. The number of ether oxygens (including phenoxy) is 3. The number of nitrogens with zero attached hydrogens (tertiary/aromatic N) is 2. The van der Waals surface area contributed by atoms with E-state index in [4.69, 9.17) is 14.2 Å². The first-order valence-electron chi connectivity index (χ1n) is 11.7. The molecule has 0 aliphatic carbocycles. The minimum atomic E-state index is -1.03. The van der Waals surface area contributed by atoms with E-state index in [9.17, 15) is 24.0 Å². The van der Waals surface area contributed by atoms with Crippen molar-refractivity contribution in [3.63, 3.8) is 0 Å². The Morgan fingerprint density at radius 1 is 1.06 bits per heavy atom. The molecule has 1 aromatic carbocycles. The molecule has 2 saturated heterocycles. The van der Waals surface area contributed by atoms with E-state index in [0.29, 0.717) is 12.0 Å². The number of carbonyl (C=O) groups excluding carboxylic acids is 5. The van der Waals surface area contributed by atoms with Crippen molar-refractivity contribution in [2.75, 3.05) is 27.9 Å². The van der Waals surface area contributed by atoms with E-state index >= 15 is 0 Å². The Morgan fingerprint density at radius 2 is 1.75 bits per heavy atom. The van der Waals surface area contributed by atoms with Crippen LogP contribution in [0.3, 0.4) is 0 Å². The summed E-state index contributed by atoms with van der Waals surface area (Å²) in [6.45, 7) is 0.276. The Balaban J connectivity index is 1.82. The maximum absolute atomic E-state index is 13.6. The summed E-state index contributed by atoms with van der Waals surface area (Å²) < 4.78 is 15.2. The minimum absolute atomic E-state index is 0.0384. The standard InChI is InChI=1S/C24H32N4O8/c1-34-20(30)14-17(24(35-2)36-3)26-22(32)18-10-7-13-27-19(29)12-11-16(23(33)28(18)27)25-21(31)15-8-5-4-6-9-15/h4-6,8-9,16-18,24H,7,10-14H2,1-3H3,(H,25,31)(H,26,32). The number of benzene rings is 1. The van der Waals surface area contributed by atoms with Gasteiger partial charge in [0, 0.05) is 32.7 Å². The molecule has 2 aliphatic heterocycles. The van der Waals surface area contributed by atoms with Gasteiger partial charge < -0.3 is 24.8 Å². The van der Waals surface area contributed by atoms with Gasteiger partial charge in [0.25, 0.3) is 11.8 Å². The molecule has 196 valence electrons. The number of amides is 4. The number of nitrogens with one attached hydrogen (secondary N) is 2. The first-order valence-corrected chi connectivity index (χ1v) is 11.7. The Morgan fingerprint density at radius 3 is 2.39 bits per heavy atom. The topological polar surface area (TPSA) is 144 Å². The number of esters is 1. The lowest BCUT2D eigenvalue weighted by Gasteiger charge is -2.43. The van der Waals surface area contributed by atoms with Crippen molar-refractivity contribution in [1.29, 1.82) is 0 Å². The first-order chi connectivity index (χ1) is 17.3. The van der Waals surface area contributed by atoms with Crippen LogP contribution in [0.1, 0.15) is 42.5 Å². The van der Waals surface area contributed by atoms with Crippen molar-refractivity contribution in [2.45, 2.75) is 56.5 Å². The quantitative estimate of drug-likeness (QED) is 0.353. The highest BCUT2D eigenvalue weighted by Gasteiger charge is 2.45. The van der Waals surface area contributed by atoms with Gasteiger partial charge in [-0.3, -0.25) is 29.0 Å². The van der Waals surface area contributed by atoms with E-state index in [1.54, 1.807) is 30.3 Å². The van der Waals surface area contributed by atoms with Gasteiger partial charge in [0.2, 0.25) is 11.8 Å². The van der Waals surface area contributed by atoms with Crippen LogP contribution in [0, 0.1) is 0 Å². The SMILES string of the molecule is COC(=O)CC(NC(=O)C1CCCN2C(=O)CCC(NC(=O)c3ccccc3)C(=O)N12)C(OC)OC. The molecule has 2 heterocycles. The van der Waals surface area contributed by atoms with Crippen LogP contribution in [-0.4, -0.2) is 91.9 Å². The van der Waals surface area contributed by atoms with Crippen LogP contribution in [-0.2, 0) is 33.4 Å². The zero-order valence-corrected chi connectivity index (χ0v) is 20.6. The fourth-order valence-corrected chi connectivity index (χ4v) is 4.42. The number of methoxy groups -OCH3 is 3. The molecule has 4 amide bonds. The predicted molar refractivity (Wildman–Crippen MR) is 125 cm³/mol. The second kappa shape index (κ2) is 12.5. The van der Waals surface area contributed by atoms with E-state index in [-0.39, 0.29) is 38.1 Å². The second-order valence-electron chi connectivity index (χ2n) is 8.52. The lowest BCUT2D eigenvalue weighted by molar-refractivity contribution is -0.177. The van der Waals surface area contributed by atoms with Gasteiger partial charge in [-0.25, -0.2) is 5.01 Å². The zero-order valence-electron chi connectivity index (χ0n) is 20.6. The highest BCUT2D eigenvalue weighted by molar-refractivity contribution is 5.99. The average Bonchev–Trinajstić information content (AvgIpc) is 3.01. The van der Waals surface area contributed by atoms with Crippen molar-refractivity contribution >= 4 is 29.6 Å². The molecule has 12 heteroatoms. The fourth-order valence-electron chi connectivity index (χ4n) is 4.42. The van der Waals surface area contributed by atoms with E-state index in [0.717, 1.165) is 5.01 Å². The Bertz CT molecular complexity index is 968. The largest absolute Gasteiger partial charge is 0.469 e. The van der Waals surface area contributed by atoms with Crippen molar-refractivity contribution < 1.29 is 38.2 Å². The lowest BCUT2D eigenvalue weighted by Crippen LogP contribution is -2.64. The van der Waals surface area contributed by atoms with Gasteiger partial charge in [0.1, 0.15) is 12.1 Å². The second-order valence-corrected chi connectivity index (χ2v) is 8.52. The highest BCUT2D eigenvalue weighted by Crippen LogP contribution is 2.25. The van der Waals surface area contributed by atoms with Crippen molar-refractivity contribution in [1.82, 2.24) is 20.7 Å². The number of fused-ring (bicyclic) bond motifs is 1. The van der Waals surface area contributed by atoms with E-state index < -0.39 is 48.1 Å². The van der Waals surface area contributed by atoms with E-state index in [1.807, 2.05) is 0 Å². The molecule has 3 unspecified atom stereocenters. The molecule has 0 aromatic heterocycles. The van der Waals surface area contributed by atoms with Crippen LogP contribution < -0.4 is 10.6 Å². The summed E-state index contributed by atoms with van der Waals surface area (Å²) in [6.07, 6.45) is -0.250. The monoisotopic (exact) mass is 504 g/mol. The average molecular weight is 505 g/mol. The smallest absolute Gasteiger partial charge is 0.307 e. The summed E-state index contributed by atoms with van der Waals surface area (Å²) in [5.41, 5.74) is 0.376. The molecule has 3 rings (SSSR count). The van der Waals surface area contributed by atoms with Gasteiger partial charge in [-0.2, -0.15) is 0 Å². The number of rotatable bonds is 9.